The monoisotopic (exact) mass is 295 g/mol. The Morgan fingerprint density at radius 3 is 2.71 bits per heavy atom. The zero-order valence-electron chi connectivity index (χ0n) is 13.1. The maximum absolute atomic E-state index is 12.7. The molecule has 3 amide bonds. The first-order valence-electron chi connectivity index (χ1n) is 7.75. The van der Waals surface area contributed by atoms with Crippen molar-refractivity contribution in [2.75, 3.05) is 26.7 Å². The molecule has 21 heavy (non-hydrogen) atoms. The summed E-state index contributed by atoms with van der Waals surface area (Å²) in [4.78, 5) is 40.3. The number of rotatable bonds is 3. The van der Waals surface area contributed by atoms with Gasteiger partial charge in [0, 0.05) is 26.7 Å². The number of amides is 3. The van der Waals surface area contributed by atoms with E-state index in [1.807, 2.05) is 13.8 Å². The topological polar surface area (TPSA) is 69.7 Å². The summed E-state index contributed by atoms with van der Waals surface area (Å²) in [6.07, 6.45) is 2.07. The lowest BCUT2D eigenvalue weighted by molar-refractivity contribution is -0.154. The van der Waals surface area contributed by atoms with Gasteiger partial charge in [0.25, 0.3) is 0 Å². The first-order valence-corrected chi connectivity index (χ1v) is 7.75. The summed E-state index contributed by atoms with van der Waals surface area (Å²) in [6.45, 7) is 5.73. The number of nitrogens with one attached hydrogen (secondary N) is 1. The van der Waals surface area contributed by atoms with Crippen LogP contribution >= 0.6 is 0 Å². The van der Waals surface area contributed by atoms with Gasteiger partial charge in [-0.25, -0.2) is 0 Å². The van der Waals surface area contributed by atoms with Crippen molar-refractivity contribution in [1.82, 2.24) is 15.1 Å². The smallest absolute Gasteiger partial charge is 0.242 e. The molecular weight excluding hydrogens is 270 g/mol. The van der Waals surface area contributed by atoms with Crippen molar-refractivity contribution in [1.29, 1.82) is 0 Å². The fraction of sp³-hybridized carbons (Fsp3) is 0.800. The second kappa shape index (κ2) is 6.45. The average Bonchev–Trinajstić information content (AvgIpc) is 2.43. The Labute approximate surface area is 125 Å². The molecule has 6 nitrogen and oxygen atoms in total. The van der Waals surface area contributed by atoms with Crippen molar-refractivity contribution < 1.29 is 14.4 Å². The molecule has 2 heterocycles. The van der Waals surface area contributed by atoms with Crippen LogP contribution in [0.25, 0.3) is 0 Å². The largest absolute Gasteiger partial charge is 0.353 e. The van der Waals surface area contributed by atoms with Gasteiger partial charge in [0.05, 0.1) is 0 Å². The zero-order valence-corrected chi connectivity index (χ0v) is 13.1. The van der Waals surface area contributed by atoms with E-state index in [9.17, 15) is 14.4 Å². The van der Waals surface area contributed by atoms with Gasteiger partial charge in [0.1, 0.15) is 12.0 Å². The molecule has 0 radical (unpaired) electrons. The summed E-state index contributed by atoms with van der Waals surface area (Å²) < 4.78 is 0. The molecule has 0 aromatic rings. The van der Waals surface area contributed by atoms with Gasteiger partial charge in [0.2, 0.25) is 17.7 Å². The molecule has 0 saturated carbocycles. The van der Waals surface area contributed by atoms with Crippen molar-refractivity contribution in [3.8, 4) is 0 Å². The summed E-state index contributed by atoms with van der Waals surface area (Å²) >= 11 is 0. The lowest BCUT2D eigenvalue weighted by Crippen LogP contribution is -2.60. The van der Waals surface area contributed by atoms with Gasteiger partial charge in [-0.1, -0.05) is 13.8 Å². The number of carbonyl (C=O) groups is 3. The van der Waals surface area contributed by atoms with Crippen LogP contribution in [0.5, 0.6) is 0 Å². The van der Waals surface area contributed by atoms with Gasteiger partial charge in [0.15, 0.2) is 0 Å². The third kappa shape index (κ3) is 3.36. The lowest BCUT2D eigenvalue weighted by Gasteiger charge is -2.39. The molecule has 0 aromatic carbocycles. The number of likely N-dealkylation sites (tertiary alicyclic amines) is 1. The highest BCUT2D eigenvalue weighted by Crippen LogP contribution is 2.23. The molecule has 0 bridgehead atoms. The number of piperidine rings is 1. The molecule has 2 aliphatic heterocycles. The normalized spacial score (nSPS) is 27.0. The molecule has 1 N–H and O–H groups in total. The Morgan fingerprint density at radius 2 is 2.05 bits per heavy atom. The third-order valence-electron chi connectivity index (χ3n) is 4.27. The minimum absolute atomic E-state index is 0.0973. The fourth-order valence-electron chi connectivity index (χ4n) is 3.12. The van der Waals surface area contributed by atoms with Crippen molar-refractivity contribution in [2.24, 2.45) is 11.8 Å². The molecule has 0 unspecified atom stereocenters. The number of hydrogen-bond donors (Lipinski definition) is 1. The van der Waals surface area contributed by atoms with E-state index in [1.54, 1.807) is 16.8 Å². The molecule has 0 aliphatic carbocycles. The maximum Gasteiger partial charge on any atom is 0.242 e. The van der Waals surface area contributed by atoms with Gasteiger partial charge in [-0.2, -0.15) is 0 Å². The molecule has 6 heteroatoms. The Kier molecular flexibility index (Phi) is 4.85. The van der Waals surface area contributed by atoms with E-state index in [0.29, 0.717) is 38.4 Å². The van der Waals surface area contributed by atoms with Gasteiger partial charge in [-0.05, 0) is 25.2 Å². The highest BCUT2D eigenvalue weighted by molar-refractivity contribution is 6.02. The molecule has 118 valence electrons. The molecular formula is C15H25N3O3. The van der Waals surface area contributed by atoms with Gasteiger partial charge in [-0.15, -0.1) is 0 Å². The molecule has 0 aromatic heterocycles. The lowest BCUT2D eigenvalue weighted by atomic mass is 9.93. The zero-order chi connectivity index (χ0) is 15.6. The second-order valence-corrected chi connectivity index (χ2v) is 6.42. The van der Waals surface area contributed by atoms with Gasteiger partial charge < -0.3 is 15.1 Å². The number of hydrogen-bond acceptors (Lipinski definition) is 3. The molecule has 2 rings (SSSR count). The highest BCUT2D eigenvalue weighted by Gasteiger charge is 2.40. The maximum atomic E-state index is 12.7. The van der Waals surface area contributed by atoms with Crippen LogP contribution in [0.1, 0.15) is 33.1 Å². The van der Waals surface area contributed by atoms with Crippen molar-refractivity contribution in [3.05, 3.63) is 0 Å². The minimum atomic E-state index is -0.607. The summed E-state index contributed by atoms with van der Waals surface area (Å²) in [5, 5.41) is 2.82. The predicted octanol–water partition coefficient (Wildman–Crippen LogP) is 0.228. The standard InChI is InChI=1S/C15H25N3O3/c1-10(2)9-12-13(19)16-6-8-18(12)15(21)11-5-4-7-17(3)14(11)20/h10-12H,4-9H2,1-3H3,(H,16,19)/t11-,12+/m1/s1. The van der Waals surface area contributed by atoms with Gasteiger partial charge >= 0.3 is 0 Å². The van der Waals surface area contributed by atoms with E-state index in [4.69, 9.17) is 0 Å². The van der Waals surface area contributed by atoms with E-state index >= 15 is 0 Å². The summed E-state index contributed by atoms with van der Waals surface area (Å²) in [5.74, 6) is -0.671. The quantitative estimate of drug-likeness (QED) is 0.758. The number of piperazine rings is 1. The van der Waals surface area contributed by atoms with Crippen LogP contribution in [0.2, 0.25) is 0 Å². The van der Waals surface area contributed by atoms with Crippen LogP contribution in [0, 0.1) is 11.8 Å². The summed E-state index contributed by atoms with van der Waals surface area (Å²) in [5.41, 5.74) is 0. The predicted molar refractivity (Wildman–Crippen MR) is 78.3 cm³/mol. The van der Waals surface area contributed by atoms with Crippen molar-refractivity contribution >= 4 is 17.7 Å². The first kappa shape index (κ1) is 15.8. The number of carbonyl (C=O) groups excluding carboxylic acids is 3. The van der Waals surface area contributed by atoms with Crippen LogP contribution < -0.4 is 5.32 Å². The van der Waals surface area contributed by atoms with E-state index in [-0.39, 0.29) is 17.7 Å². The molecule has 2 aliphatic rings. The molecule has 0 spiro atoms. The second-order valence-electron chi connectivity index (χ2n) is 6.42. The third-order valence-corrected chi connectivity index (χ3v) is 4.27. The summed E-state index contributed by atoms with van der Waals surface area (Å²) in [6, 6.07) is -0.439. The van der Waals surface area contributed by atoms with Crippen LogP contribution in [0.15, 0.2) is 0 Å². The van der Waals surface area contributed by atoms with E-state index in [1.165, 1.54) is 0 Å². The highest BCUT2D eigenvalue weighted by atomic mass is 16.2. The van der Waals surface area contributed by atoms with E-state index in [0.717, 1.165) is 6.42 Å². The minimum Gasteiger partial charge on any atom is -0.353 e. The van der Waals surface area contributed by atoms with Crippen molar-refractivity contribution in [3.63, 3.8) is 0 Å². The van der Waals surface area contributed by atoms with Crippen LogP contribution in [0.3, 0.4) is 0 Å². The SMILES string of the molecule is CC(C)C[C@H]1C(=O)NCCN1C(=O)[C@@H]1CCCN(C)C1=O. The molecule has 2 atom stereocenters. The average molecular weight is 295 g/mol. The Bertz CT molecular complexity index is 436. The number of nitrogens with zero attached hydrogens (tertiary/aromatic N) is 2. The Hall–Kier alpha value is -1.59. The molecule has 2 fully saturated rings. The Balaban J connectivity index is 2.14. The fourth-order valence-corrected chi connectivity index (χ4v) is 3.12. The summed E-state index contributed by atoms with van der Waals surface area (Å²) in [7, 11) is 1.73. The van der Waals surface area contributed by atoms with Crippen LogP contribution in [-0.2, 0) is 14.4 Å². The van der Waals surface area contributed by atoms with Crippen molar-refractivity contribution in [2.45, 2.75) is 39.2 Å². The van der Waals surface area contributed by atoms with E-state index < -0.39 is 12.0 Å². The van der Waals surface area contributed by atoms with Crippen LogP contribution in [0.4, 0.5) is 0 Å². The van der Waals surface area contributed by atoms with Crippen LogP contribution in [-0.4, -0.2) is 60.2 Å². The first-order chi connectivity index (χ1) is 9.91. The Morgan fingerprint density at radius 1 is 1.33 bits per heavy atom. The van der Waals surface area contributed by atoms with Gasteiger partial charge in [-0.3, -0.25) is 14.4 Å². The van der Waals surface area contributed by atoms with E-state index in [2.05, 4.69) is 5.32 Å². The molecule has 2 saturated heterocycles.